The number of unbranched alkanes of at least 4 members (excludes halogenated alkanes) is 1. The molecule has 0 aliphatic rings. The molecule has 6 heteroatoms. The predicted molar refractivity (Wildman–Crippen MR) is 183 cm³/mol. The molecule has 1 amide bonds. The summed E-state index contributed by atoms with van der Waals surface area (Å²) in [4.78, 5) is 33.5. The predicted octanol–water partition coefficient (Wildman–Crippen LogP) is 9.10. The lowest BCUT2D eigenvalue weighted by atomic mass is 9.98. The van der Waals surface area contributed by atoms with Crippen LogP contribution < -0.4 is 4.90 Å². The maximum Gasteiger partial charge on any atom is 0.339 e. The summed E-state index contributed by atoms with van der Waals surface area (Å²) >= 11 is 0. The summed E-state index contributed by atoms with van der Waals surface area (Å²) in [7, 11) is 0. The van der Waals surface area contributed by atoms with Crippen molar-refractivity contribution in [2.75, 3.05) is 4.90 Å². The number of ether oxygens (including phenoxy) is 1. The van der Waals surface area contributed by atoms with Crippen LogP contribution in [0.2, 0.25) is 0 Å². The molecule has 5 rings (SSSR count). The number of imidazole rings is 1. The van der Waals surface area contributed by atoms with Crippen molar-refractivity contribution in [2.45, 2.75) is 79.0 Å². The molecule has 1 heterocycles. The number of carbonyl (C=O) groups is 2. The summed E-state index contributed by atoms with van der Waals surface area (Å²) in [6.07, 6.45) is 2.99. The van der Waals surface area contributed by atoms with E-state index in [2.05, 4.69) is 41.8 Å². The Morgan fingerprint density at radius 1 is 0.889 bits per heavy atom. The molecule has 0 aliphatic carbocycles. The normalized spacial score (nSPS) is 11.6. The molecule has 0 saturated heterocycles. The van der Waals surface area contributed by atoms with Gasteiger partial charge in [-0.05, 0) is 94.1 Å². The molecule has 0 unspecified atom stereocenters. The number of rotatable bonds is 10. The molecule has 5 aromatic rings. The number of hydrogen-bond donors (Lipinski definition) is 0. The summed E-state index contributed by atoms with van der Waals surface area (Å²) in [5, 5.41) is 0. The Morgan fingerprint density at radius 3 is 2.24 bits per heavy atom. The van der Waals surface area contributed by atoms with Gasteiger partial charge in [0, 0.05) is 30.3 Å². The van der Waals surface area contributed by atoms with E-state index < -0.39 is 5.60 Å². The number of nitrogens with zero attached hydrogens (tertiary/aromatic N) is 3. The van der Waals surface area contributed by atoms with Crippen LogP contribution in [0.4, 0.5) is 5.69 Å². The van der Waals surface area contributed by atoms with Crippen LogP contribution in [-0.2, 0) is 17.7 Å². The van der Waals surface area contributed by atoms with Crippen LogP contribution in [-0.4, -0.2) is 33.1 Å². The van der Waals surface area contributed by atoms with Gasteiger partial charge in [-0.2, -0.15) is 0 Å². The number of esters is 1. The van der Waals surface area contributed by atoms with E-state index in [0.29, 0.717) is 17.7 Å². The Hall–Kier alpha value is -4.71. The van der Waals surface area contributed by atoms with Crippen molar-refractivity contribution in [3.05, 3.63) is 120 Å². The monoisotopic (exact) mass is 601 g/mol. The number of benzene rings is 4. The van der Waals surface area contributed by atoms with Gasteiger partial charge < -0.3 is 14.2 Å². The van der Waals surface area contributed by atoms with Crippen molar-refractivity contribution >= 4 is 28.6 Å². The van der Waals surface area contributed by atoms with Crippen molar-refractivity contribution in [3.8, 4) is 11.1 Å². The van der Waals surface area contributed by atoms with E-state index in [1.807, 2.05) is 106 Å². The Balaban J connectivity index is 1.49. The largest absolute Gasteiger partial charge is 0.456 e. The van der Waals surface area contributed by atoms with Gasteiger partial charge in [-0.3, -0.25) is 4.79 Å². The van der Waals surface area contributed by atoms with E-state index in [1.54, 1.807) is 0 Å². The summed E-state index contributed by atoms with van der Waals surface area (Å²) in [5.74, 6) is 0.683. The van der Waals surface area contributed by atoms with Crippen LogP contribution in [0.1, 0.15) is 86.5 Å². The maximum absolute atomic E-state index is 13.6. The number of carbonyl (C=O) groups excluding carboxylic acids is 2. The minimum atomic E-state index is -0.571. The van der Waals surface area contributed by atoms with Crippen LogP contribution in [0.25, 0.3) is 22.2 Å². The molecule has 0 atom stereocenters. The third-order valence-corrected chi connectivity index (χ3v) is 7.75. The molecule has 0 saturated carbocycles. The molecule has 1 aromatic heterocycles. The lowest BCUT2D eigenvalue weighted by molar-refractivity contribution is 0.00703. The average Bonchev–Trinajstić information content (AvgIpc) is 3.36. The SMILES string of the molecule is CCCCc1nc2ccc(N(C(=O)c3ccccc3)C(C)C)cc2n1Cc1ccc(-c2ccccc2C(=O)OC(C)(C)C)cc1. The van der Waals surface area contributed by atoms with Crippen molar-refractivity contribution in [1.82, 2.24) is 9.55 Å². The minimum absolute atomic E-state index is 0.0236. The highest BCUT2D eigenvalue weighted by atomic mass is 16.6. The molecular formula is C39H43N3O3. The van der Waals surface area contributed by atoms with E-state index >= 15 is 0 Å². The average molecular weight is 602 g/mol. The zero-order valence-electron chi connectivity index (χ0n) is 27.2. The first kappa shape index (κ1) is 31.7. The van der Waals surface area contributed by atoms with Gasteiger partial charge >= 0.3 is 5.97 Å². The second kappa shape index (κ2) is 13.5. The Bertz CT molecular complexity index is 1780. The molecule has 0 spiro atoms. The first-order valence-electron chi connectivity index (χ1n) is 15.8. The molecule has 0 bridgehead atoms. The number of hydrogen-bond acceptors (Lipinski definition) is 4. The van der Waals surface area contributed by atoms with Gasteiger partial charge in [0.1, 0.15) is 11.4 Å². The topological polar surface area (TPSA) is 64.4 Å². The number of aromatic nitrogens is 2. The zero-order valence-corrected chi connectivity index (χ0v) is 27.2. The molecule has 0 radical (unpaired) electrons. The maximum atomic E-state index is 13.6. The Kier molecular flexibility index (Phi) is 9.52. The van der Waals surface area contributed by atoms with Gasteiger partial charge in [-0.25, -0.2) is 9.78 Å². The summed E-state index contributed by atoms with van der Waals surface area (Å²) in [5.41, 5.74) is 6.34. The van der Waals surface area contributed by atoms with E-state index in [0.717, 1.165) is 58.5 Å². The standard InChI is InChI=1S/C39H43N3O3/c1-7-8-18-36-40-34-24-23-31(42(27(2)3)37(43)30-14-10-9-11-15-30)25-35(34)41(36)26-28-19-21-29(22-20-28)32-16-12-13-17-33(32)38(44)45-39(4,5)6/h9-17,19-25,27H,7-8,18,26H2,1-6H3. The number of aryl methyl sites for hydroxylation is 1. The third-order valence-electron chi connectivity index (χ3n) is 7.75. The summed E-state index contributed by atoms with van der Waals surface area (Å²) < 4.78 is 7.95. The molecule has 45 heavy (non-hydrogen) atoms. The third kappa shape index (κ3) is 7.34. The van der Waals surface area contributed by atoms with Crippen molar-refractivity contribution < 1.29 is 14.3 Å². The van der Waals surface area contributed by atoms with Crippen molar-refractivity contribution in [3.63, 3.8) is 0 Å². The molecular weight excluding hydrogens is 558 g/mol. The highest BCUT2D eigenvalue weighted by Gasteiger charge is 2.23. The van der Waals surface area contributed by atoms with Crippen LogP contribution in [0, 0.1) is 0 Å². The van der Waals surface area contributed by atoms with Gasteiger partial charge in [0.25, 0.3) is 5.91 Å². The Morgan fingerprint density at radius 2 is 1.58 bits per heavy atom. The summed E-state index contributed by atoms with van der Waals surface area (Å²) in [6.45, 7) is 12.5. The molecule has 0 aliphatic heterocycles. The van der Waals surface area contributed by atoms with E-state index in [-0.39, 0.29) is 17.9 Å². The molecule has 6 nitrogen and oxygen atoms in total. The fourth-order valence-electron chi connectivity index (χ4n) is 5.60. The molecule has 4 aromatic carbocycles. The van der Waals surface area contributed by atoms with Crippen LogP contribution in [0.3, 0.4) is 0 Å². The quantitative estimate of drug-likeness (QED) is 0.150. The van der Waals surface area contributed by atoms with Gasteiger partial charge in [0.15, 0.2) is 0 Å². The van der Waals surface area contributed by atoms with E-state index in [9.17, 15) is 9.59 Å². The van der Waals surface area contributed by atoms with Gasteiger partial charge in [-0.15, -0.1) is 0 Å². The highest BCUT2D eigenvalue weighted by Crippen LogP contribution is 2.29. The van der Waals surface area contributed by atoms with E-state index in [1.165, 1.54) is 0 Å². The van der Waals surface area contributed by atoms with Gasteiger partial charge in [0.2, 0.25) is 0 Å². The highest BCUT2D eigenvalue weighted by molar-refractivity contribution is 6.07. The van der Waals surface area contributed by atoms with Crippen molar-refractivity contribution in [1.29, 1.82) is 0 Å². The van der Waals surface area contributed by atoms with E-state index in [4.69, 9.17) is 9.72 Å². The number of fused-ring (bicyclic) bond motifs is 1. The number of amides is 1. The van der Waals surface area contributed by atoms with Crippen LogP contribution in [0.15, 0.2) is 97.1 Å². The molecule has 0 N–H and O–H groups in total. The Labute approximate surface area is 266 Å². The van der Waals surface area contributed by atoms with Crippen LogP contribution >= 0.6 is 0 Å². The second-order valence-electron chi connectivity index (χ2n) is 12.8. The summed E-state index contributed by atoms with van der Waals surface area (Å²) in [6, 6.07) is 31.5. The van der Waals surface area contributed by atoms with Crippen molar-refractivity contribution in [2.24, 2.45) is 0 Å². The zero-order chi connectivity index (χ0) is 32.1. The van der Waals surface area contributed by atoms with Gasteiger partial charge in [-0.1, -0.05) is 74.0 Å². The fourth-order valence-corrected chi connectivity index (χ4v) is 5.60. The first-order chi connectivity index (χ1) is 21.6. The second-order valence-corrected chi connectivity index (χ2v) is 12.8. The van der Waals surface area contributed by atoms with Gasteiger partial charge in [0.05, 0.1) is 16.6 Å². The minimum Gasteiger partial charge on any atom is -0.456 e. The molecule has 0 fully saturated rings. The fraction of sp³-hybridized carbons (Fsp3) is 0.308. The lowest BCUT2D eigenvalue weighted by Crippen LogP contribution is -2.37. The van der Waals surface area contributed by atoms with Crippen LogP contribution in [0.5, 0.6) is 0 Å². The lowest BCUT2D eigenvalue weighted by Gasteiger charge is -2.27. The smallest absolute Gasteiger partial charge is 0.339 e. The number of anilines is 1. The first-order valence-corrected chi connectivity index (χ1v) is 15.8. The molecule has 232 valence electrons.